The fourth-order valence-electron chi connectivity index (χ4n) is 1.35. The van der Waals surface area contributed by atoms with Crippen molar-refractivity contribution in [2.75, 3.05) is 5.32 Å². The van der Waals surface area contributed by atoms with Gasteiger partial charge in [-0.3, -0.25) is 4.98 Å². The highest BCUT2D eigenvalue weighted by molar-refractivity contribution is 9.10. The number of hydrogen-bond donors (Lipinski definition) is 2. The number of aromatic nitrogens is 1. The van der Waals surface area contributed by atoms with E-state index in [9.17, 15) is 0 Å². The molecule has 0 unspecified atom stereocenters. The smallest absolute Gasteiger partial charge is 0.0703 e. The SMILES string of the molecule is OCc1ccncc1NCc1cc(Br)cs1. The van der Waals surface area contributed by atoms with Gasteiger partial charge >= 0.3 is 0 Å². The molecule has 16 heavy (non-hydrogen) atoms. The Morgan fingerprint density at radius 2 is 2.38 bits per heavy atom. The standard InChI is InChI=1S/C11H11BrN2OS/c12-9-3-10(16-7-9)4-14-11-5-13-2-1-8(11)6-15/h1-3,5,7,14-15H,4,6H2. The van der Waals surface area contributed by atoms with E-state index in [0.29, 0.717) is 0 Å². The van der Waals surface area contributed by atoms with E-state index in [4.69, 9.17) is 5.11 Å². The van der Waals surface area contributed by atoms with Gasteiger partial charge in [0.25, 0.3) is 0 Å². The molecule has 2 rings (SSSR count). The summed E-state index contributed by atoms with van der Waals surface area (Å²) in [5, 5.41) is 14.5. The highest BCUT2D eigenvalue weighted by atomic mass is 79.9. The van der Waals surface area contributed by atoms with Gasteiger partial charge in [0, 0.05) is 33.0 Å². The van der Waals surface area contributed by atoms with Crippen molar-refractivity contribution >= 4 is 33.0 Å². The van der Waals surface area contributed by atoms with Crippen LogP contribution in [-0.2, 0) is 13.2 Å². The van der Waals surface area contributed by atoms with Crippen LogP contribution in [-0.4, -0.2) is 10.1 Å². The first kappa shape index (κ1) is 11.6. The molecule has 0 fully saturated rings. The molecular weight excluding hydrogens is 288 g/mol. The van der Waals surface area contributed by atoms with Crippen LogP contribution in [0.25, 0.3) is 0 Å². The second kappa shape index (κ2) is 5.43. The Morgan fingerprint density at radius 1 is 1.50 bits per heavy atom. The average molecular weight is 299 g/mol. The van der Waals surface area contributed by atoms with Crippen molar-refractivity contribution in [3.05, 3.63) is 44.8 Å². The minimum absolute atomic E-state index is 0.0268. The van der Waals surface area contributed by atoms with Crippen LogP contribution in [0.1, 0.15) is 10.4 Å². The second-order valence-corrected chi connectivity index (χ2v) is 5.19. The van der Waals surface area contributed by atoms with Crippen LogP contribution in [0.2, 0.25) is 0 Å². The molecule has 0 saturated carbocycles. The Bertz CT molecular complexity index is 473. The molecule has 2 heterocycles. The number of aliphatic hydroxyl groups excluding tert-OH is 1. The molecule has 3 nitrogen and oxygen atoms in total. The molecule has 0 amide bonds. The zero-order chi connectivity index (χ0) is 11.4. The Labute approximate surface area is 106 Å². The van der Waals surface area contributed by atoms with Crippen molar-refractivity contribution in [1.82, 2.24) is 4.98 Å². The van der Waals surface area contributed by atoms with E-state index in [-0.39, 0.29) is 6.61 Å². The Hall–Kier alpha value is -0.910. The molecule has 0 atom stereocenters. The number of rotatable bonds is 4. The van der Waals surface area contributed by atoms with E-state index in [0.717, 1.165) is 22.3 Å². The quantitative estimate of drug-likeness (QED) is 0.912. The summed E-state index contributed by atoms with van der Waals surface area (Å²) < 4.78 is 1.10. The van der Waals surface area contributed by atoms with Gasteiger partial charge in [-0.1, -0.05) is 0 Å². The molecule has 2 aromatic rings. The zero-order valence-electron chi connectivity index (χ0n) is 8.48. The molecule has 0 saturated heterocycles. The van der Waals surface area contributed by atoms with Gasteiger partial charge in [0.15, 0.2) is 0 Å². The predicted octanol–water partition coefficient (Wildman–Crippen LogP) is 3.01. The summed E-state index contributed by atoms with van der Waals surface area (Å²) in [6.45, 7) is 0.772. The number of aliphatic hydroxyl groups is 1. The highest BCUT2D eigenvalue weighted by Crippen LogP contribution is 2.21. The molecular formula is C11H11BrN2OS. The molecule has 0 aliphatic rings. The number of nitrogens with one attached hydrogen (secondary N) is 1. The molecule has 84 valence electrons. The number of hydrogen-bond acceptors (Lipinski definition) is 4. The maximum absolute atomic E-state index is 9.15. The van der Waals surface area contributed by atoms with Crippen LogP contribution >= 0.6 is 27.3 Å². The topological polar surface area (TPSA) is 45.2 Å². The summed E-state index contributed by atoms with van der Waals surface area (Å²) in [6, 6.07) is 3.89. The fraction of sp³-hybridized carbons (Fsp3) is 0.182. The van der Waals surface area contributed by atoms with Crippen LogP contribution in [0.15, 0.2) is 34.4 Å². The third kappa shape index (κ3) is 2.81. The summed E-state index contributed by atoms with van der Waals surface area (Å²) in [7, 11) is 0. The minimum Gasteiger partial charge on any atom is -0.392 e. The molecule has 2 N–H and O–H groups in total. The molecule has 0 aliphatic carbocycles. The summed E-state index contributed by atoms with van der Waals surface area (Å²) in [6.07, 6.45) is 3.41. The van der Waals surface area contributed by atoms with Crippen molar-refractivity contribution in [3.8, 4) is 0 Å². The van der Waals surface area contributed by atoms with Gasteiger partial charge in [-0.2, -0.15) is 0 Å². The first-order chi connectivity index (χ1) is 7.79. The van der Waals surface area contributed by atoms with E-state index >= 15 is 0 Å². The van der Waals surface area contributed by atoms with E-state index in [1.165, 1.54) is 4.88 Å². The molecule has 0 aromatic carbocycles. The van der Waals surface area contributed by atoms with Gasteiger partial charge in [-0.25, -0.2) is 0 Å². The number of anilines is 1. The third-order valence-electron chi connectivity index (χ3n) is 2.16. The van der Waals surface area contributed by atoms with Crippen LogP contribution in [0.3, 0.4) is 0 Å². The van der Waals surface area contributed by atoms with Gasteiger partial charge in [0.2, 0.25) is 0 Å². The number of thiophene rings is 1. The van der Waals surface area contributed by atoms with Crippen molar-refractivity contribution in [1.29, 1.82) is 0 Å². The lowest BCUT2D eigenvalue weighted by Gasteiger charge is -2.08. The monoisotopic (exact) mass is 298 g/mol. The van der Waals surface area contributed by atoms with Crippen molar-refractivity contribution < 1.29 is 5.11 Å². The lowest BCUT2D eigenvalue weighted by molar-refractivity contribution is 0.282. The molecule has 0 bridgehead atoms. The second-order valence-electron chi connectivity index (χ2n) is 3.28. The Kier molecular flexibility index (Phi) is 3.93. The van der Waals surface area contributed by atoms with E-state index in [1.54, 1.807) is 23.7 Å². The molecule has 2 aromatic heterocycles. The first-order valence-electron chi connectivity index (χ1n) is 4.80. The van der Waals surface area contributed by atoms with Gasteiger partial charge in [-0.05, 0) is 28.1 Å². The average Bonchev–Trinajstić information content (AvgIpc) is 2.73. The maximum Gasteiger partial charge on any atom is 0.0703 e. The number of nitrogens with zero attached hydrogens (tertiary/aromatic N) is 1. The molecule has 5 heteroatoms. The van der Waals surface area contributed by atoms with E-state index < -0.39 is 0 Å². The van der Waals surface area contributed by atoms with Crippen LogP contribution in [0, 0.1) is 0 Å². The number of pyridine rings is 1. The van der Waals surface area contributed by atoms with Gasteiger partial charge < -0.3 is 10.4 Å². The minimum atomic E-state index is 0.0268. The summed E-state index contributed by atoms with van der Waals surface area (Å²) >= 11 is 5.11. The highest BCUT2D eigenvalue weighted by Gasteiger charge is 2.02. The third-order valence-corrected chi connectivity index (χ3v) is 3.85. The fourth-order valence-corrected chi connectivity index (χ4v) is 2.74. The predicted molar refractivity (Wildman–Crippen MR) is 69.5 cm³/mol. The van der Waals surface area contributed by atoms with Crippen LogP contribution in [0.5, 0.6) is 0 Å². The summed E-state index contributed by atoms with van der Waals surface area (Å²) in [5.41, 5.74) is 1.75. The van der Waals surface area contributed by atoms with Gasteiger partial charge in [0.1, 0.15) is 0 Å². The van der Waals surface area contributed by atoms with Crippen LogP contribution in [0.4, 0.5) is 5.69 Å². The van der Waals surface area contributed by atoms with Gasteiger partial charge in [-0.15, -0.1) is 11.3 Å². The van der Waals surface area contributed by atoms with E-state index in [2.05, 4.69) is 32.3 Å². The molecule has 0 aliphatic heterocycles. The Balaban J connectivity index is 2.04. The first-order valence-corrected chi connectivity index (χ1v) is 6.47. The van der Waals surface area contributed by atoms with E-state index in [1.807, 2.05) is 11.4 Å². The lowest BCUT2D eigenvalue weighted by atomic mass is 10.2. The summed E-state index contributed by atoms with van der Waals surface area (Å²) in [4.78, 5) is 5.27. The van der Waals surface area contributed by atoms with Crippen molar-refractivity contribution in [2.24, 2.45) is 0 Å². The number of halogens is 1. The van der Waals surface area contributed by atoms with Crippen molar-refractivity contribution in [3.63, 3.8) is 0 Å². The van der Waals surface area contributed by atoms with Gasteiger partial charge in [0.05, 0.1) is 18.5 Å². The normalized spacial score (nSPS) is 10.4. The molecule has 0 radical (unpaired) electrons. The molecule has 0 spiro atoms. The zero-order valence-corrected chi connectivity index (χ0v) is 10.9. The van der Waals surface area contributed by atoms with Crippen molar-refractivity contribution in [2.45, 2.75) is 13.2 Å². The maximum atomic E-state index is 9.15. The lowest BCUT2D eigenvalue weighted by Crippen LogP contribution is -2.01. The van der Waals surface area contributed by atoms with Crippen LogP contribution < -0.4 is 5.32 Å². The Morgan fingerprint density at radius 3 is 3.06 bits per heavy atom. The largest absolute Gasteiger partial charge is 0.392 e. The summed E-state index contributed by atoms with van der Waals surface area (Å²) in [5.74, 6) is 0.